The summed E-state index contributed by atoms with van der Waals surface area (Å²) in [5.41, 5.74) is 1.42. The quantitative estimate of drug-likeness (QED) is 0.830. The van der Waals surface area contributed by atoms with Gasteiger partial charge < -0.3 is 10.1 Å². The first-order valence-electron chi connectivity index (χ1n) is 7.27. The van der Waals surface area contributed by atoms with Crippen molar-refractivity contribution in [2.45, 2.75) is 44.1 Å². The van der Waals surface area contributed by atoms with Gasteiger partial charge in [-0.05, 0) is 44.7 Å². The van der Waals surface area contributed by atoms with Crippen LogP contribution in [0.5, 0.6) is 5.75 Å². The van der Waals surface area contributed by atoms with Crippen molar-refractivity contribution >= 4 is 0 Å². The normalized spacial score (nSPS) is 23.5. The Morgan fingerprint density at radius 2 is 2.17 bits per heavy atom. The highest BCUT2D eigenvalue weighted by molar-refractivity contribution is 5.39. The van der Waals surface area contributed by atoms with Gasteiger partial charge in [0.2, 0.25) is 0 Å². The molecule has 0 radical (unpaired) electrons. The first-order chi connectivity index (χ1) is 8.88. The van der Waals surface area contributed by atoms with Crippen LogP contribution in [-0.4, -0.2) is 19.7 Å². The van der Waals surface area contributed by atoms with E-state index in [0.717, 1.165) is 24.3 Å². The van der Waals surface area contributed by atoms with Crippen LogP contribution in [0.15, 0.2) is 24.3 Å². The van der Waals surface area contributed by atoms with E-state index in [1.165, 1.54) is 37.7 Å². The number of rotatable bonds is 6. The number of hydrogen-bond acceptors (Lipinski definition) is 2. The zero-order chi connectivity index (χ0) is 12.4. The highest BCUT2D eigenvalue weighted by Crippen LogP contribution is 2.38. The van der Waals surface area contributed by atoms with E-state index >= 15 is 0 Å². The second-order valence-electron chi connectivity index (χ2n) is 5.71. The molecular formula is C16H23NO. The summed E-state index contributed by atoms with van der Waals surface area (Å²) < 4.78 is 5.74. The van der Waals surface area contributed by atoms with Crippen molar-refractivity contribution in [2.75, 3.05) is 13.7 Å². The van der Waals surface area contributed by atoms with E-state index in [4.69, 9.17) is 4.74 Å². The molecule has 0 saturated heterocycles. The topological polar surface area (TPSA) is 21.3 Å². The zero-order valence-corrected chi connectivity index (χ0v) is 11.2. The standard InChI is InChI=1S/C16H23NO/c1-17-15(12-9-10-12)7-4-5-13-11-18-16-8-3-2-6-14(13)16/h2-3,6,8,12-13,15,17H,4-5,7,9-11H2,1H3. The maximum absolute atomic E-state index is 5.74. The van der Waals surface area contributed by atoms with Crippen LogP contribution in [0.3, 0.4) is 0 Å². The Morgan fingerprint density at radius 3 is 2.94 bits per heavy atom. The Morgan fingerprint density at radius 1 is 1.33 bits per heavy atom. The van der Waals surface area contributed by atoms with E-state index in [1.54, 1.807) is 0 Å². The summed E-state index contributed by atoms with van der Waals surface area (Å²) in [5, 5.41) is 3.48. The van der Waals surface area contributed by atoms with E-state index in [9.17, 15) is 0 Å². The first kappa shape index (κ1) is 12.0. The Hall–Kier alpha value is -1.02. The average molecular weight is 245 g/mol. The lowest BCUT2D eigenvalue weighted by Gasteiger charge is -2.16. The van der Waals surface area contributed by atoms with Crippen molar-refractivity contribution in [1.82, 2.24) is 5.32 Å². The van der Waals surface area contributed by atoms with Gasteiger partial charge >= 0.3 is 0 Å². The fraction of sp³-hybridized carbons (Fsp3) is 0.625. The van der Waals surface area contributed by atoms with Gasteiger partial charge in [-0.25, -0.2) is 0 Å². The minimum atomic E-state index is 0.623. The summed E-state index contributed by atoms with van der Waals surface area (Å²) in [7, 11) is 2.11. The van der Waals surface area contributed by atoms with Crippen molar-refractivity contribution in [3.05, 3.63) is 29.8 Å². The van der Waals surface area contributed by atoms with Crippen molar-refractivity contribution in [3.8, 4) is 5.75 Å². The van der Waals surface area contributed by atoms with E-state index in [2.05, 4.69) is 36.6 Å². The minimum absolute atomic E-state index is 0.623. The molecule has 0 aromatic heterocycles. The summed E-state index contributed by atoms with van der Waals surface area (Å²) >= 11 is 0. The number of ether oxygens (including phenoxy) is 1. The summed E-state index contributed by atoms with van der Waals surface area (Å²) in [6.45, 7) is 0.882. The Bertz CT molecular complexity index is 400. The molecule has 1 aromatic carbocycles. The molecular weight excluding hydrogens is 222 g/mol. The predicted octanol–water partition coefficient (Wildman–Crippen LogP) is 3.33. The van der Waals surface area contributed by atoms with Crippen LogP contribution in [-0.2, 0) is 0 Å². The Balaban J connectivity index is 1.49. The van der Waals surface area contributed by atoms with Crippen molar-refractivity contribution < 1.29 is 4.74 Å². The maximum Gasteiger partial charge on any atom is 0.122 e. The third kappa shape index (κ3) is 2.54. The van der Waals surface area contributed by atoms with E-state index in [-0.39, 0.29) is 0 Å². The van der Waals surface area contributed by atoms with Gasteiger partial charge in [-0.1, -0.05) is 24.6 Å². The van der Waals surface area contributed by atoms with Gasteiger partial charge in [-0.2, -0.15) is 0 Å². The van der Waals surface area contributed by atoms with Gasteiger partial charge in [-0.3, -0.25) is 0 Å². The highest BCUT2D eigenvalue weighted by atomic mass is 16.5. The van der Waals surface area contributed by atoms with E-state index in [1.807, 2.05) is 0 Å². The van der Waals surface area contributed by atoms with Crippen LogP contribution in [0.25, 0.3) is 0 Å². The predicted molar refractivity (Wildman–Crippen MR) is 74.1 cm³/mol. The summed E-state index contributed by atoms with van der Waals surface area (Å²) in [5.74, 6) is 2.69. The zero-order valence-electron chi connectivity index (χ0n) is 11.2. The highest BCUT2D eigenvalue weighted by Gasteiger charge is 2.30. The summed E-state index contributed by atoms with van der Waals surface area (Å²) in [6, 6.07) is 9.26. The van der Waals surface area contributed by atoms with E-state index in [0.29, 0.717) is 5.92 Å². The molecule has 0 spiro atoms. The second-order valence-corrected chi connectivity index (χ2v) is 5.71. The van der Waals surface area contributed by atoms with Crippen LogP contribution in [0.4, 0.5) is 0 Å². The lowest BCUT2D eigenvalue weighted by molar-refractivity contribution is 0.319. The number of hydrogen-bond donors (Lipinski definition) is 1. The molecule has 0 amide bonds. The monoisotopic (exact) mass is 245 g/mol. The van der Waals surface area contributed by atoms with Crippen LogP contribution in [0.1, 0.15) is 43.6 Å². The third-order valence-corrected chi connectivity index (χ3v) is 4.43. The van der Waals surface area contributed by atoms with E-state index < -0.39 is 0 Å². The van der Waals surface area contributed by atoms with Crippen molar-refractivity contribution in [3.63, 3.8) is 0 Å². The summed E-state index contributed by atoms with van der Waals surface area (Å²) in [4.78, 5) is 0. The molecule has 1 aliphatic heterocycles. The van der Waals surface area contributed by atoms with Gasteiger partial charge in [0.05, 0.1) is 6.61 Å². The largest absolute Gasteiger partial charge is 0.493 e. The molecule has 2 aliphatic rings. The van der Waals surface area contributed by atoms with Gasteiger partial charge in [0.15, 0.2) is 0 Å². The molecule has 1 saturated carbocycles. The lowest BCUT2D eigenvalue weighted by Crippen LogP contribution is -2.27. The van der Waals surface area contributed by atoms with Crippen LogP contribution < -0.4 is 10.1 Å². The van der Waals surface area contributed by atoms with Crippen molar-refractivity contribution in [1.29, 1.82) is 0 Å². The van der Waals surface area contributed by atoms with Crippen molar-refractivity contribution in [2.24, 2.45) is 5.92 Å². The molecule has 2 unspecified atom stereocenters. The Labute approximate surface area is 110 Å². The maximum atomic E-state index is 5.74. The molecule has 1 N–H and O–H groups in total. The van der Waals surface area contributed by atoms with Gasteiger partial charge in [0.25, 0.3) is 0 Å². The average Bonchev–Trinajstić information content (AvgIpc) is 3.16. The van der Waals surface area contributed by atoms with Crippen LogP contribution in [0.2, 0.25) is 0 Å². The first-order valence-corrected chi connectivity index (χ1v) is 7.27. The lowest BCUT2D eigenvalue weighted by atomic mass is 9.93. The minimum Gasteiger partial charge on any atom is -0.493 e. The fourth-order valence-electron chi connectivity index (χ4n) is 3.17. The molecule has 98 valence electrons. The fourth-order valence-corrected chi connectivity index (χ4v) is 3.17. The molecule has 2 atom stereocenters. The number of nitrogens with one attached hydrogen (secondary N) is 1. The molecule has 1 aromatic rings. The molecule has 1 fully saturated rings. The third-order valence-electron chi connectivity index (χ3n) is 4.43. The molecule has 3 rings (SSSR count). The molecule has 2 nitrogen and oxygen atoms in total. The van der Waals surface area contributed by atoms with Gasteiger partial charge in [0, 0.05) is 17.5 Å². The number of benzene rings is 1. The molecule has 0 bridgehead atoms. The van der Waals surface area contributed by atoms with Gasteiger partial charge in [0.1, 0.15) is 5.75 Å². The number of para-hydroxylation sites is 1. The number of fused-ring (bicyclic) bond motifs is 1. The SMILES string of the molecule is CNC(CCCC1COc2ccccc21)C1CC1. The van der Waals surface area contributed by atoms with Gasteiger partial charge in [-0.15, -0.1) is 0 Å². The molecule has 1 aliphatic carbocycles. The Kier molecular flexibility index (Phi) is 3.55. The van der Waals surface area contributed by atoms with Crippen LogP contribution in [0, 0.1) is 5.92 Å². The summed E-state index contributed by atoms with van der Waals surface area (Å²) in [6.07, 6.45) is 6.76. The van der Waals surface area contributed by atoms with Crippen LogP contribution >= 0.6 is 0 Å². The molecule has 18 heavy (non-hydrogen) atoms. The molecule has 2 heteroatoms. The second kappa shape index (κ2) is 5.31. The molecule has 1 heterocycles. The smallest absolute Gasteiger partial charge is 0.122 e.